The molecule has 1 N–H and O–H groups in total. The fourth-order valence-electron chi connectivity index (χ4n) is 4.74. The fourth-order valence-corrected chi connectivity index (χ4v) is 4.74. The van der Waals surface area contributed by atoms with Crippen molar-refractivity contribution in [1.82, 2.24) is 5.32 Å². The molecule has 1 amide bonds. The summed E-state index contributed by atoms with van der Waals surface area (Å²) in [5, 5.41) is 12.7. The van der Waals surface area contributed by atoms with Crippen molar-refractivity contribution in [2.75, 3.05) is 6.54 Å². The molecule has 0 aromatic heterocycles. The van der Waals surface area contributed by atoms with Gasteiger partial charge in [0.25, 0.3) is 0 Å². The van der Waals surface area contributed by atoms with Crippen LogP contribution >= 0.6 is 0 Å². The van der Waals surface area contributed by atoms with E-state index in [9.17, 15) is 10.1 Å². The highest BCUT2D eigenvalue weighted by Gasteiger charge is 2.42. The first-order valence-corrected chi connectivity index (χ1v) is 8.43. The first kappa shape index (κ1) is 13.9. The number of rotatable bonds is 3. The molecule has 110 valence electrons. The summed E-state index contributed by atoms with van der Waals surface area (Å²) in [5.74, 6) is 2.46. The van der Waals surface area contributed by atoms with Crippen molar-refractivity contribution in [2.45, 2.75) is 64.2 Å². The maximum Gasteiger partial charge on any atom is 0.240 e. The van der Waals surface area contributed by atoms with E-state index in [0.29, 0.717) is 5.92 Å². The molecule has 3 atom stereocenters. The normalized spacial score (nSPS) is 35.2. The van der Waals surface area contributed by atoms with E-state index in [1.165, 1.54) is 38.5 Å². The number of nitriles is 1. The Kier molecular flexibility index (Phi) is 4.01. The van der Waals surface area contributed by atoms with Crippen molar-refractivity contribution in [1.29, 1.82) is 5.26 Å². The number of fused-ring (bicyclic) bond motifs is 2. The number of hydrogen-bond acceptors (Lipinski definition) is 2. The molecule has 3 aliphatic rings. The van der Waals surface area contributed by atoms with E-state index in [0.717, 1.165) is 44.1 Å². The van der Waals surface area contributed by atoms with Crippen LogP contribution in [0.3, 0.4) is 0 Å². The van der Waals surface area contributed by atoms with Gasteiger partial charge in [0.2, 0.25) is 5.91 Å². The minimum absolute atomic E-state index is 0.0182. The molecule has 3 aliphatic carbocycles. The molecule has 0 spiro atoms. The Labute approximate surface area is 122 Å². The molecule has 3 heteroatoms. The van der Waals surface area contributed by atoms with E-state index in [2.05, 4.69) is 11.4 Å². The summed E-state index contributed by atoms with van der Waals surface area (Å²) in [6, 6.07) is 2.35. The molecular weight excluding hydrogens is 248 g/mol. The number of nitrogens with one attached hydrogen (secondary N) is 1. The number of carbonyl (C=O) groups is 1. The first-order chi connectivity index (χ1) is 9.73. The summed E-state index contributed by atoms with van der Waals surface area (Å²) in [6.07, 6.45) is 11.3. The summed E-state index contributed by atoms with van der Waals surface area (Å²) in [5.41, 5.74) is -0.728. The van der Waals surface area contributed by atoms with Crippen LogP contribution in [0.4, 0.5) is 0 Å². The summed E-state index contributed by atoms with van der Waals surface area (Å²) in [6.45, 7) is 0.809. The smallest absolute Gasteiger partial charge is 0.240 e. The lowest BCUT2D eigenvalue weighted by Gasteiger charge is -2.27. The van der Waals surface area contributed by atoms with Gasteiger partial charge in [-0.1, -0.05) is 32.1 Å². The molecule has 3 unspecified atom stereocenters. The second-order valence-corrected chi connectivity index (χ2v) is 7.25. The number of amides is 1. The summed E-state index contributed by atoms with van der Waals surface area (Å²) < 4.78 is 0. The molecule has 0 aromatic rings. The Balaban J connectivity index is 1.56. The third-order valence-corrected chi connectivity index (χ3v) is 6.02. The lowest BCUT2D eigenvalue weighted by molar-refractivity contribution is -0.129. The Morgan fingerprint density at radius 1 is 1.15 bits per heavy atom. The number of hydrogen-bond donors (Lipinski definition) is 1. The molecule has 0 radical (unpaired) electrons. The van der Waals surface area contributed by atoms with Gasteiger partial charge in [-0.2, -0.15) is 5.26 Å². The van der Waals surface area contributed by atoms with Gasteiger partial charge in [0.05, 0.1) is 6.07 Å². The molecule has 3 nitrogen and oxygen atoms in total. The Morgan fingerprint density at radius 2 is 1.90 bits per heavy atom. The van der Waals surface area contributed by atoms with Crippen molar-refractivity contribution in [2.24, 2.45) is 23.2 Å². The molecule has 0 heterocycles. The highest BCUT2D eigenvalue weighted by Crippen LogP contribution is 2.48. The van der Waals surface area contributed by atoms with Crippen LogP contribution in [0, 0.1) is 34.5 Å². The molecule has 20 heavy (non-hydrogen) atoms. The van der Waals surface area contributed by atoms with Crippen LogP contribution in [-0.2, 0) is 4.79 Å². The molecule has 0 aromatic carbocycles. The van der Waals surface area contributed by atoms with Crippen LogP contribution in [-0.4, -0.2) is 12.5 Å². The third-order valence-electron chi connectivity index (χ3n) is 6.02. The van der Waals surface area contributed by atoms with Gasteiger partial charge in [-0.25, -0.2) is 0 Å². The molecule has 0 saturated heterocycles. The maximum atomic E-state index is 12.5. The lowest BCUT2D eigenvalue weighted by Crippen LogP contribution is -2.42. The minimum atomic E-state index is -0.728. The maximum absolute atomic E-state index is 12.5. The zero-order valence-electron chi connectivity index (χ0n) is 12.4. The Bertz CT molecular complexity index is 404. The highest BCUT2D eigenvalue weighted by molar-refractivity contribution is 5.85. The second-order valence-electron chi connectivity index (χ2n) is 7.25. The lowest BCUT2D eigenvalue weighted by atomic mass is 9.80. The Morgan fingerprint density at radius 3 is 2.45 bits per heavy atom. The van der Waals surface area contributed by atoms with Crippen LogP contribution in [0.15, 0.2) is 0 Å². The van der Waals surface area contributed by atoms with Gasteiger partial charge >= 0.3 is 0 Å². The standard InChI is InChI=1S/C17H26N2O/c18-12-17(7-3-1-2-4-8-17)16(20)19-11-15-10-13-5-6-14(15)9-13/h13-15H,1-11H2,(H,19,20). The minimum Gasteiger partial charge on any atom is -0.354 e. The largest absolute Gasteiger partial charge is 0.354 e. The number of nitrogens with zero attached hydrogens (tertiary/aromatic N) is 1. The zero-order chi connectivity index (χ0) is 14.0. The van der Waals surface area contributed by atoms with Gasteiger partial charge in [0.1, 0.15) is 5.41 Å². The SMILES string of the molecule is N#CC1(C(=O)NCC2CC3CCC2C3)CCCCCC1. The van der Waals surface area contributed by atoms with Crippen molar-refractivity contribution in [3.63, 3.8) is 0 Å². The molecule has 3 fully saturated rings. The van der Waals surface area contributed by atoms with Crippen molar-refractivity contribution < 1.29 is 4.79 Å². The van der Waals surface area contributed by atoms with Crippen LogP contribution in [0.25, 0.3) is 0 Å². The van der Waals surface area contributed by atoms with E-state index in [-0.39, 0.29) is 5.91 Å². The Hall–Kier alpha value is -1.04. The second kappa shape index (κ2) is 5.76. The van der Waals surface area contributed by atoms with E-state index >= 15 is 0 Å². The predicted octanol–water partition coefficient (Wildman–Crippen LogP) is 3.40. The molecular formula is C17H26N2O. The van der Waals surface area contributed by atoms with Gasteiger partial charge in [0.15, 0.2) is 0 Å². The van der Waals surface area contributed by atoms with E-state index in [4.69, 9.17) is 0 Å². The molecule has 2 bridgehead atoms. The van der Waals surface area contributed by atoms with Crippen LogP contribution < -0.4 is 5.32 Å². The first-order valence-electron chi connectivity index (χ1n) is 8.43. The van der Waals surface area contributed by atoms with Gasteiger partial charge in [-0.15, -0.1) is 0 Å². The van der Waals surface area contributed by atoms with Crippen molar-refractivity contribution >= 4 is 5.91 Å². The van der Waals surface area contributed by atoms with Crippen LogP contribution in [0.2, 0.25) is 0 Å². The molecule has 0 aliphatic heterocycles. The van der Waals surface area contributed by atoms with E-state index in [1.807, 2.05) is 0 Å². The summed E-state index contributed by atoms with van der Waals surface area (Å²) in [4.78, 5) is 12.5. The van der Waals surface area contributed by atoms with Crippen molar-refractivity contribution in [3.05, 3.63) is 0 Å². The summed E-state index contributed by atoms with van der Waals surface area (Å²) >= 11 is 0. The average Bonchev–Trinajstić information content (AvgIpc) is 3.00. The van der Waals surface area contributed by atoms with Crippen LogP contribution in [0.5, 0.6) is 0 Å². The van der Waals surface area contributed by atoms with Gasteiger partial charge in [-0.3, -0.25) is 4.79 Å². The molecule has 3 rings (SSSR count). The fraction of sp³-hybridized carbons (Fsp3) is 0.882. The third kappa shape index (κ3) is 2.57. The van der Waals surface area contributed by atoms with Crippen LogP contribution in [0.1, 0.15) is 64.2 Å². The topological polar surface area (TPSA) is 52.9 Å². The predicted molar refractivity (Wildman–Crippen MR) is 77.7 cm³/mol. The average molecular weight is 274 g/mol. The van der Waals surface area contributed by atoms with Crippen molar-refractivity contribution in [3.8, 4) is 6.07 Å². The van der Waals surface area contributed by atoms with Gasteiger partial charge in [0, 0.05) is 6.54 Å². The quantitative estimate of drug-likeness (QED) is 0.802. The zero-order valence-corrected chi connectivity index (χ0v) is 12.4. The van der Waals surface area contributed by atoms with E-state index in [1.54, 1.807) is 0 Å². The van der Waals surface area contributed by atoms with Gasteiger partial charge < -0.3 is 5.32 Å². The summed E-state index contributed by atoms with van der Waals surface area (Å²) in [7, 11) is 0. The molecule has 3 saturated carbocycles. The number of carbonyl (C=O) groups excluding carboxylic acids is 1. The van der Waals surface area contributed by atoms with Gasteiger partial charge in [-0.05, 0) is 49.9 Å². The highest BCUT2D eigenvalue weighted by atomic mass is 16.2. The van der Waals surface area contributed by atoms with E-state index < -0.39 is 5.41 Å². The monoisotopic (exact) mass is 274 g/mol.